The number of hydrogen-bond acceptors (Lipinski definition) is 7. The first-order valence-electron chi connectivity index (χ1n) is 9.03. The number of rotatable bonds is 7. The standard InChI is InChI=1S/C20H19ClN8/c1-3-4-9-25-20-17(29-28-15-6-5-14(21)12-16(15)23-2)18(22)26-19(27-20)13-7-10-24-11-8-13/h5-8,10-12H,3-4,9H2,1H3,(H3,22,25,26,27). The minimum Gasteiger partial charge on any atom is -0.382 e. The molecule has 146 valence electrons. The summed E-state index contributed by atoms with van der Waals surface area (Å²) in [5, 5.41) is 12.1. The highest BCUT2D eigenvalue weighted by molar-refractivity contribution is 6.31. The number of nitrogens with zero attached hydrogens (tertiary/aromatic N) is 6. The second kappa shape index (κ2) is 9.57. The fourth-order valence-electron chi connectivity index (χ4n) is 2.48. The van der Waals surface area contributed by atoms with Crippen LogP contribution < -0.4 is 11.1 Å². The number of pyridine rings is 1. The highest BCUT2D eigenvalue weighted by atomic mass is 35.5. The smallest absolute Gasteiger partial charge is 0.215 e. The number of azo groups is 1. The van der Waals surface area contributed by atoms with Gasteiger partial charge in [0.15, 0.2) is 23.1 Å². The first-order chi connectivity index (χ1) is 14.1. The number of nitrogen functional groups attached to an aromatic ring is 1. The van der Waals surface area contributed by atoms with Crippen molar-refractivity contribution in [1.82, 2.24) is 15.0 Å². The molecule has 0 aliphatic carbocycles. The molecule has 2 aromatic heterocycles. The fourth-order valence-corrected chi connectivity index (χ4v) is 2.65. The molecule has 3 N–H and O–H groups in total. The summed E-state index contributed by atoms with van der Waals surface area (Å²) in [6, 6.07) is 8.43. The minimum atomic E-state index is 0.188. The van der Waals surface area contributed by atoms with Crippen molar-refractivity contribution in [2.75, 3.05) is 17.6 Å². The van der Waals surface area contributed by atoms with E-state index in [1.165, 1.54) is 6.07 Å². The zero-order valence-electron chi connectivity index (χ0n) is 15.8. The number of hydrogen-bond donors (Lipinski definition) is 2. The van der Waals surface area contributed by atoms with Crippen LogP contribution in [0.1, 0.15) is 19.8 Å². The Balaban J connectivity index is 2.01. The van der Waals surface area contributed by atoms with Gasteiger partial charge in [-0.3, -0.25) is 4.98 Å². The normalized spacial score (nSPS) is 10.8. The summed E-state index contributed by atoms with van der Waals surface area (Å²) in [6.07, 6.45) is 5.32. The van der Waals surface area contributed by atoms with Crippen LogP contribution in [-0.4, -0.2) is 21.5 Å². The van der Waals surface area contributed by atoms with Crippen molar-refractivity contribution in [3.63, 3.8) is 0 Å². The van der Waals surface area contributed by atoms with E-state index < -0.39 is 0 Å². The fraction of sp³-hybridized carbons (Fsp3) is 0.200. The molecule has 0 aliphatic rings. The number of benzene rings is 1. The van der Waals surface area contributed by atoms with E-state index in [2.05, 4.69) is 42.3 Å². The highest BCUT2D eigenvalue weighted by Crippen LogP contribution is 2.36. The van der Waals surface area contributed by atoms with Crippen LogP contribution in [0.2, 0.25) is 5.02 Å². The maximum atomic E-state index is 7.28. The third-order valence-corrected chi connectivity index (χ3v) is 4.22. The van der Waals surface area contributed by atoms with Crippen molar-refractivity contribution in [2.45, 2.75) is 19.8 Å². The van der Waals surface area contributed by atoms with E-state index in [1.807, 2.05) is 12.1 Å². The summed E-state index contributed by atoms with van der Waals surface area (Å²) in [6.45, 7) is 10.1. The second-order valence-electron chi connectivity index (χ2n) is 6.09. The van der Waals surface area contributed by atoms with E-state index >= 15 is 0 Å². The van der Waals surface area contributed by atoms with Crippen LogP contribution in [0.25, 0.3) is 16.2 Å². The lowest BCUT2D eigenvalue weighted by molar-refractivity contribution is 0.830. The Morgan fingerprint density at radius 2 is 1.97 bits per heavy atom. The first-order valence-corrected chi connectivity index (χ1v) is 9.40. The molecule has 8 nitrogen and oxygen atoms in total. The molecule has 1 aromatic carbocycles. The molecule has 0 saturated heterocycles. The van der Waals surface area contributed by atoms with Crippen molar-refractivity contribution >= 4 is 40.3 Å². The van der Waals surface area contributed by atoms with Gasteiger partial charge in [-0.15, -0.1) is 5.11 Å². The number of nitrogens with one attached hydrogen (secondary N) is 1. The van der Waals surface area contributed by atoms with Gasteiger partial charge in [-0.2, -0.15) is 5.11 Å². The zero-order valence-corrected chi connectivity index (χ0v) is 16.6. The van der Waals surface area contributed by atoms with Crippen LogP contribution in [0.15, 0.2) is 53.0 Å². The molecular weight excluding hydrogens is 388 g/mol. The van der Waals surface area contributed by atoms with Crippen LogP contribution in [0.4, 0.5) is 28.7 Å². The molecule has 2 heterocycles. The van der Waals surface area contributed by atoms with Crippen LogP contribution >= 0.6 is 11.6 Å². The molecule has 0 fully saturated rings. The molecular formula is C20H19ClN8. The van der Waals surface area contributed by atoms with Gasteiger partial charge in [0, 0.05) is 29.5 Å². The Hall–Kier alpha value is -3.57. The molecule has 3 rings (SSSR count). The van der Waals surface area contributed by atoms with Crippen molar-refractivity contribution in [1.29, 1.82) is 0 Å². The molecule has 0 amide bonds. The number of nitrogens with two attached hydrogens (primary N) is 1. The summed E-state index contributed by atoms with van der Waals surface area (Å²) in [5.41, 5.74) is 7.99. The van der Waals surface area contributed by atoms with Gasteiger partial charge in [-0.1, -0.05) is 24.9 Å². The zero-order chi connectivity index (χ0) is 20.6. The number of anilines is 2. The number of halogens is 1. The SMILES string of the molecule is [C-]#[N+]c1cc(Cl)ccc1N=Nc1c(N)nc(-c2ccncc2)nc1NCCCC. The maximum absolute atomic E-state index is 7.28. The molecule has 9 heteroatoms. The molecule has 0 atom stereocenters. The Morgan fingerprint density at radius 1 is 1.17 bits per heavy atom. The predicted molar refractivity (Wildman–Crippen MR) is 115 cm³/mol. The summed E-state index contributed by atoms with van der Waals surface area (Å²) < 4.78 is 0. The van der Waals surface area contributed by atoms with E-state index in [0.29, 0.717) is 40.3 Å². The van der Waals surface area contributed by atoms with E-state index in [4.69, 9.17) is 23.9 Å². The van der Waals surface area contributed by atoms with Crippen molar-refractivity contribution in [3.8, 4) is 11.4 Å². The summed E-state index contributed by atoms with van der Waals surface area (Å²) in [5.74, 6) is 1.14. The van der Waals surface area contributed by atoms with Gasteiger partial charge in [0.05, 0.1) is 12.3 Å². The molecule has 0 aliphatic heterocycles. The highest BCUT2D eigenvalue weighted by Gasteiger charge is 2.14. The van der Waals surface area contributed by atoms with Gasteiger partial charge >= 0.3 is 0 Å². The predicted octanol–water partition coefficient (Wildman–Crippen LogP) is 5.95. The maximum Gasteiger partial charge on any atom is 0.215 e. The van der Waals surface area contributed by atoms with Gasteiger partial charge in [0.2, 0.25) is 5.69 Å². The summed E-state index contributed by atoms with van der Waals surface area (Å²) in [7, 11) is 0. The Morgan fingerprint density at radius 3 is 2.69 bits per heavy atom. The number of unbranched alkanes of at least 4 members (excludes halogenated alkanes) is 1. The molecule has 0 bridgehead atoms. The topological polar surface area (TPSA) is 106 Å². The monoisotopic (exact) mass is 406 g/mol. The molecule has 0 saturated carbocycles. The molecule has 3 aromatic rings. The average Bonchev–Trinajstić information content (AvgIpc) is 2.74. The largest absolute Gasteiger partial charge is 0.382 e. The van der Waals surface area contributed by atoms with E-state index in [-0.39, 0.29) is 5.82 Å². The Bertz CT molecular complexity index is 1060. The van der Waals surface area contributed by atoms with Gasteiger partial charge in [-0.25, -0.2) is 14.8 Å². The van der Waals surface area contributed by atoms with Crippen LogP contribution in [0.3, 0.4) is 0 Å². The van der Waals surface area contributed by atoms with Crippen LogP contribution in [0.5, 0.6) is 0 Å². The lowest BCUT2D eigenvalue weighted by Gasteiger charge is -2.11. The van der Waals surface area contributed by atoms with Crippen molar-refractivity contribution in [2.24, 2.45) is 10.2 Å². The van der Waals surface area contributed by atoms with Gasteiger partial charge in [0.25, 0.3) is 0 Å². The first kappa shape index (κ1) is 20.2. The van der Waals surface area contributed by atoms with E-state index in [9.17, 15) is 0 Å². The van der Waals surface area contributed by atoms with E-state index in [1.54, 1.807) is 24.5 Å². The lowest BCUT2D eigenvalue weighted by Crippen LogP contribution is -2.07. The molecule has 0 unspecified atom stereocenters. The Kier molecular flexibility index (Phi) is 6.66. The van der Waals surface area contributed by atoms with Crippen molar-refractivity contribution in [3.05, 3.63) is 59.2 Å². The molecule has 29 heavy (non-hydrogen) atoms. The van der Waals surface area contributed by atoms with Crippen molar-refractivity contribution < 1.29 is 0 Å². The summed E-state index contributed by atoms with van der Waals surface area (Å²) >= 11 is 5.94. The average molecular weight is 407 g/mol. The Labute approximate surface area is 173 Å². The van der Waals surface area contributed by atoms with Crippen LogP contribution in [0, 0.1) is 6.57 Å². The molecule has 0 radical (unpaired) electrons. The quantitative estimate of drug-likeness (QED) is 0.286. The van der Waals surface area contributed by atoms with Gasteiger partial charge < -0.3 is 11.1 Å². The third kappa shape index (κ3) is 5.03. The van der Waals surface area contributed by atoms with Gasteiger partial charge in [0.1, 0.15) is 0 Å². The minimum absolute atomic E-state index is 0.188. The van der Waals surface area contributed by atoms with E-state index in [0.717, 1.165) is 18.4 Å². The second-order valence-corrected chi connectivity index (χ2v) is 6.53. The van der Waals surface area contributed by atoms with Crippen LogP contribution in [-0.2, 0) is 0 Å². The number of aromatic nitrogens is 3. The summed E-state index contributed by atoms with van der Waals surface area (Å²) in [4.78, 5) is 16.4. The molecule has 0 spiro atoms. The third-order valence-electron chi connectivity index (χ3n) is 3.99. The van der Waals surface area contributed by atoms with Gasteiger partial charge in [-0.05, 0) is 36.8 Å². The lowest BCUT2D eigenvalue weighted by atomic mass is 10.2.